The first-order valence-corrected chi connectivity index (χ1v) is 8.06. The molecule has 0 saturated carbocycles. The van der Waals surface area contributed by atoms with Crippen LogP contribution in [0.3, 0.4) is 0 Å². The monoisotopic (exact) mass is 421 g/mol. The fraction of sp³-hybridized carbons (Fsp3) is 0.118. The van der Waals surface area contributed by atoms with Gasteiger partial charge >= 0.3 is 12.0 Å². The van der Waals surface area contributed by atoms with Crippen LogP contribution in [-0.2, 0) is 0 Å². The molecule has 0 aliphatic rings. The van der Waals surface area contributed by atoms with Crippen molar-refractivity contribution >= 4 is 34.1 Å². The van der Waals surface area contributed by atoms with Crippen molar-refractivity contribution in [1.29, 1.82) is 0 Å². The molecule has 2 aromatic carbocycles. The van der Waals surface area contributed by atoms with Gasteiger partial charge in [0, 0.05) is 10.0 Å². The molecular formula is C17H16BrN3O5. The molecule has 26 heavy (non-hydrogen) atoms. The van der Waals surface area contributed by atoms with Crippen LogP contribution in [0.5, 0.6) is 17.2 Å². The van der Waals surface area contributed by atoms with Crippen molar-refractivity contribution in [2.45, 2.75) is 0 Å². The zero-order chi connectivity index (χ0) is 19.1. The highest BCUT2D eigenvalue weighted by atomic mass is 79.9. The minimum Gasteiger partial charge on any atom is -0.493 e. The number of methoxy groups -OCH3 is 2. The fourth-order valence-electron chi connectivity index (χ4n) is 2.00. The van der Waals surface area contributed by atoms with Gasteiger partial charge in [0.05, 0.1) is 26.0 Å². The van der Waals surface area contributed by atoms with Gasteiger partial charge in [-0.3, -0.25) is 0 Å². The molecule has 0 aliphatic heterocycles. The van der Waals surface area contributed by atoms with E-state index in [1.165, 1.54) is 26.5 Å². The van der Waals surface area contributed by atoms with Gasteiger partial charge < -0.3 is 19.9 Å². The molecule has 2 amide bonds. The molecule has 0 aromatic heterocycles. The Morgan fingerprint density at radius 1 is 1.08 bits per heavy atom. The van der Waals surface area contributed by atoms with Crippen LogP contribution in [0.25, 0.3) is 0 Å². The lowest BCUT2D eigenvalue weighted by Crippen LogP contribution is -2.24. The van der Waals surface area contributed by atoms with Gasteiger partial charge in [0.15, 0.2) is 11.5 Å². The minimum absolute atomic E-state index is 0.253. The molecule has 0 unspecified atom stereocenters. The molecule has 2 rings (SSSR count). The van der Waals surface area contributed by atoms with Gasteiger partial charge in [0.2, 0.25) is 0 Å². The number of carbonyl (C=O) groups is 2. The van der Waals surface area contributed by atoms with Crippen molar-refractivity contribution in [1.82, 2.24) is 5.43 Å². The SMILES string of the molecule is COc1ccc(C(=O)Oc2ccc(Br)cc2/C=N\NC(N)=O)cc1OC. The maximum Gasteiger partial charge on any atom is 0.343 e. The number of benzene rings is 2. The highest BCUT2D eigenvalue weighted by molar-refractivity contribution is 9.10. The Kier molecular flexibility index (Phi) is 6.56. The van der Waals surface area contributed by atoms with Crippen LogP contribution in [0.15, 0.2) is 46.0 Å². The molecule has 0 aliphatic carbocycles. The van der Waals surface area contributed by atoms with Crippen LogP contribution in [0.4, 0.5) is 4.79 Å². The van der Waals surface area contributed by atoms with E-state index in [0.29, 0.717) is 17.1 Å². The second-order valence-corrected chi connectivity index (χ2v) is 5.79. The standard InChI is InChI=1S/C17H16BrN3O5/c1-24-14-5-3-10(8-15(14)25-2)16(22)26-13-6-4-12(18)7-11(13)9-20-21-17(19)23/h3-9H,1-2H3,(H3,19,21,23)/b20-9-. The third-order valence-corrected chi connectivity index (χ3v) is 3.67. The summed E-state index contributed by atoms with van der Waals surface area (Å²) in [5.74, 6) is 0.567. The number of hydrazone groups is 1. The number of hydrogen-bond acceptors (Lipinski definition) is 6. The smallest absolute Gasteiger partial charge is 0.343 e. The first-order valence-electron chi connectivity index (χ1n) is 7.27. The minimum atomic E-state index is -0.805. The molecule has 3 N–H and O–H groups in total. The van der Waals surface area contributed by atoms with E-state index in [9.17, 15) is 9.59 Å². The Bertz CT molecular complexity index is 854. The largest absolute Gasteiger partial charge is 0.493 e. The van der Waals surface area contributed by atoms with Crippen molar-refractivity contribution in [3.8, 4) is 17.2 Å². The topological polar surface area (TPSA) is 112 Å². The zero-order valence-electron chi connectivity index (χ0n) is 14.0. The number of ether oxygens (including phenoxy) is 3. The number of carbonyl (C=O) groups excluding carboxylic acids is 2. The van der Waals surface area contributed by atoms with E-state index >= 15 is 0 Å². The maximum atomic E-state index is 12.4. The third-order valence-electron chi connectivity index (χ3n) is 3.17. The number of urea groups is 1. The lowest BCUT2D eigenvalue weighted by Gasteiger charge is -2.11. The summed E-state index contributed by atoms with van der Waals surface area (Å²) in [6, 6.07) is 8.84. The van der Waals surface area contributed by atoms with Gasteiger partial charge in [-0.15, -0.1) is 0 Å². The fourth-order valence-corrected chi connectivity index (χ4v) is 2.38. The maximum absolute atomic E-state index is 12.4. The molecule has 0 atom stereocenters. The second kappa shape index (κ2) is 8.86. The zero-order valence-corrected chi connectivity index (χ0v) is 15.6. The van der Waals surface area contributed by atoms with Gasteiger partial charge in [0.1, 0.15) is 5.75 Å². The number of nitrogens with two attached hydrogens (primary N) is 1. The van der Waals surface area contributed by atoms with Crippen LogP contribution in [0.1, 0.15) is 15.9 Å². The summed E-state index contributed by atoms with van der Waals surface area (Å²) in [6.07, 6.45) is 1.31. The van der Waals surface area contributed by atoms with Crippen molar-refractivity contribution in [2.24, 2.45) is 10.8 Å². The Morgan fingerprint density at radius 2 is 1.77 bits per heavy atom. The summed E-state index contributed by atoms with van der Waals surface area (Å²) < 4.78 is 16.5. The summed E-state index contributed by atoms with van der Waals surface area (Å²) >= 11 is 3.32. The number of nitrogens with one attached hydrogen (secondary N) is 1. The molecule has 9 heteroatoms. The van der Waals surface area contributed by atoms with Gasteiger partial charge in [-0.2, -0.15) is 5.10 Å². The number of amides is 2. The average molecular weight is 422 g/mol. The number of hydrogen-bond donors (Lipinski definition) is 2. The molecule has 136 valence electrons. The van der Waals surface area contributed by atoms with Gasteiger partial charge in [0.25, 0.3) is 0 Å². The molecule has 8 nitrogen and oxygen atoms in total. The first-order chi connectivity index (χ1) is 12.4. The van der Waals surface area contributed by atoms with E-state index in [0.717, 1.165) is 4.47 Å². The number of esters is 1. The molecular weight excluding hydrogens is 406 g/mol. The van der Waals surface area contributed by atoms with Crippen molar-refractivity contribution < 1.29 is 23.8 Å². The number of nitrogens with zero attached hydrogens (tertiary/aromatic N) is 1. The number of primary amides is 1. The lowest BCUT2D eigenvalue weighted by atomic mass is 10.2. The molecule has 0 heterocycles. The van der Waals surface area contributed by atoms with Crippen LogP contribution in [-0.4, -0.2) is 32.4 Å². The van der Waals surface area contributed by atoms with Gasteiger partial charge in [-0.05, 0) is 36.4 Å². The molecule has 0 bridgehead atoms. The van der Waals surface area contributed by atoms with Gasteiger partial charge in [-0.25, -0.2) is 15.0 Å². The highest BCUT2D eigenvalue weighted by Crippen LogP contribution is 2.29. The molecule has 0 fully saturated rings. The summed E-state index contributed by atoms with van der Waals surface area (Å²) in [5.41, 5.74) is 7.77. The molecule has 2 aromatic rings. The Labute approximate surface area is 158 Å². The third kappa shape index (κ3) is 4.96. The summed E-state index contributed by atoms with van der Waals surface area (Å²) in [6.45, 7) is 0. The van der Waals surface area contributed by atoms with Gasteiger partial charge in [-0.1, -0.05) is 15.9 Å². The normalized spacial score (nSPS) is 10.4. The van der Waals surface area contributed by atoms with E-state index in [4.69, 9.17) is 19.9 Å². The average Bonchev–Trinajstić information content (AvgIpc) is 2.62. The summed E-state index contributed by atoms with van der Waals surface area (Å²) in [7, 11) is 2.98. The quantitative estimate of drug-likeness (QED) is 0.322. The Balaban J connectivity index is 2.26. The Morgan fingerprint density at radius 3 is 2.42 bits per heavy atom. The molecule has 0 spiro atoms. The van der Waals surface area contributed by atoms with E-state index in [2.05, 4.69) is 26.5 Å². The second-order valence-electron chi connectivity index (χ2n) is 4.88. The molecule has 0 saturated heterocycles. The number of halogens is 1. The highest BCUT2D eigenvalue weighted by Gasteiger charge is 2.14. The van der Waals surface area contributed by atoms with Crippen LogP contribution >= 0.6 is 15.9 Å². The van der Waals surface area contributed by atoms with Crippen LogP contribution in [0.2, 0.25) is 0 Å². The van der Waals surface area contributed by atoms with E-state index in [1.807, 2.05) is 0 Å². The van der Waals surface area contributed by atoms with E-state index in [1.54, 1.807) is 30.3 Å². The van der Waals surface area contributed by atoms with Crippen molar-refractivity contribution in [2.75, 3.05) is 14.2 Å². The predicted octanol–water partition coefficient (Wildman–Crippen LogP) is 2.69. The lowest BCUT2D eigenvalue weighted by molar-refractivity contribution is 0.0734. The Hall–Kier alpha value is -3.07. The molecule has 0 radical (unpaired) electrons. The predicted molar refractivity (Wildman–Crippen MR) is 99.0 cm³/mol. The van der Waals surface area contributed by atoms with Crippen molar-refractivity contribution in [3.63, 3.8) is 0 Å². The summed E-state index contributed by atoms with van der Waals surface area (Å²) in [5, 5.41) is 3.67. The van der Waals surface area contributed by atoms with Crippen LogP contribution < -0.4 is 25.4 Å². The summed E-state index contributed by atoms with van der Waals surface area (Å²) in [4.78, 5) is 23.1. The van der Waals surface area contributed by atoms with Crippen LogP contribution in [0, 0.1) is 0 Å². The van der Waals surface area contributed by atoms with Crippen molar-refractivity contribution in [3.05, 3.63) is 52.0 Å². The first kappa shape index (κ1) is 19.3. The van der Waals surface area contributed by atoms with E-state index < -0.39 is 12.0 Å². The number of rotatable bonds is 6. The van der Waals surface area contributed by atoms with E-state index in [-0.39, 0.29) is 11.3 Å².